The fraction of sp³-hybridized carbons (Fsp3) is 0.440. The van der Waals surface area contributed by atoms with Gasteiger partial charge in [-0.05, 0) is 62.9 Å². The van der Waals surface area contributed by atoms with Crippen LogP contribution in [0.5, 0.6) is 5.75 Å². The molecule has 31 heavy (non-hydrogen) atoms. The topological polar surface area (TPSA) is 60.5 Å². The van der Waals surface area contributed by atoms with Gasteiger partial charge >= 0.3 is 0 Å². The Labute approximate surface area is 186 Å². The van der Waals surface area contributed by atoms with Crippen LogP contribution in [-0.4, -0.2) is 35.7 Å². The number of aryl methyl sites for hydroxylation is 1. The number of benzene rings is 2. The van der Waals surface area contributed by atoms with Crippen molar-refractivity contribution in [2.75, 3.05) is 13.2 Å². The highest BCUT2D eigenvalue weighted by atomic mass is 32.1. The molecule has 6 heteroatoms. The molecule has 2 aromatic carbocycles. The molecule has 1 fully saturated rings. The zero-order valence-electron chi connectivity index (χ0n) is 18.2. The molecule has 2 unspecified atom stereocenters. The number of carbonyl (C=O) groups is 1. The average molecular weight is 437 g/mol. The monoisotopic (exact) mass is 436 g/mol. The Balaban J connectivity index is 1.30. The van der Waals surface area contributed by atoms with Crippen LogP contribution in [0.25, 0.3) is 20.8 Å². The van der Waals surface area contributed by atoms with Crippen LogP contribution >= 0.6 is 11.3 Å². The van der Waals surface area contributed by atoms with Crippen molar-refractivity contribution < 1.29 is 14.3 Å². The van der Waals surface area contributed by atoms with Gasteiger partial charge < -0.3 is 14.8 Å². The molecule has 5 nitrogen and oxygen atoms in total. The molecule has 0 spiro atoms. The number of aromatic nitrogens is 1. The molecule has 1 amide bonds. The predicted molar refractivity (Wildman–Crippen MR) is 124 cm³/mol. The van der Waals surface area contributed by atoms with E-state index in [0.29, 0.717) is 13.2 Å². The molecule has 3 aromatic rings. The van der Waals surface area contributed by atoms with E-state index in [2.05, 4.69) is 44.3 Å². The predicted octanol–water partition coefficient (Wildman–Crippen LogP) is 4.90. The Morgan fingerprint density at radius 1 is 1.29 bits per heavy atom. The summed E-state index contributed by atoms with van der Waals surface area (Å²) in [4.78, 5) is 17.6. The standard InChI is InChI=1S/C25H28N2O3S/c1-15-10-17-12-18(14-26-23(28)16-8-9-29-25(2,3)13-16)30-22(17)19(11-15)24-27-20-6-4-5-7-21(20)31-24/h4-7,10-11,16,18H,8-9,12-14H2,1-3H3,(H,26,28). The fourth-order valence-corrected chi connectivity index (χ4v) is 5.65. The summed E-state index contributed by atoms with van der Waals surface area (Å²) >= 11 is 1.69. The molecule has 1 saturated heterocycles. The Kier molecular flexibility index (Phi) is 5.22. The zero-order valence-corrected chi connectivity index (χ0v) is 19.1. The van der Waals surface area contributed by atoms with E-state index < -0.39 is 0 Å². The maximum Gasteiger partial charge on any atom is 0.223 e. The molecule has 0 bridgehead atoms. The van der Waals surface area contributed by atoms with E-state index in [0.717, 1.165) is 41.1 Å². The molecule has 2 aliphatic rings. The van der Waals surface area contributed by atoms with Crippen molar-refractivity contribution in [3.63, 3.8) is 0 Å². The summed E-state index contributed by atoms with van der Waals surface area (Å²) in [7, 11) is 0. The van der Waals surface area contributed by atoms with Gasteiger partial charge in [-0.15, -0.1) is 11.3 Å². The quantitative estimate of drug-likeness (QED) is 0.632. The molecule has 0 radical (unpaired) electrons. The van der Waals surface area contributed by atoms with Crippen molar-refractivity contribution in [2.24, 2.45) is 5.92 Å². The van der Waals surface area contributed by atoms with Crippen molar-refractivity contribution in [3.8, 4) is 16.3 Å². The number of amides is 1. The van der Waals surface area contributed by atoms with E-state index in [-0.39, 0.29) is 23.5 Å². The summed E-state index contributed by atoms with van der Waals surface area (Å²) < 4.78 is 13.3. The normalized spacial score (nSPS) is 22.2. The number of nitrogens with one attached hydrogen (secondary N) is 1. The van der Waals surface area contributed by atoms with E-state index >= 15 is 0 Å². The number of nitrogens with zero attached hydrogens (tertiary/aromatic N) is 1. The minimum Gasteiger partial charge on any atom is -0.487 e. The molecular formula is C25H28N2O3S. The first-order chi connectivity index (χ1) is 14.9. The molecule has 162 valence electrons. The van der Waals surface area contributed by atoms with E-state index in [4.69, 9.17) is 14.5 Å². The van der Waals surface area contributed by atoms with Gasteiger partial charge in [0.25, 0.3) is 0 Å². The van der Waals surface area contributed by atoms with Gasteiger partial charge in [-0.3, -0.25) is 4.79 Å². The van der Waals surface area contributed by atoms with Crippen LogP contribution in [-0.2, 0) is 16.0 Å². The Hall–Kier alpha value is -2.44. The third-order valence-electron chi connectivity index (χ3n) is 6.14. The summed E-state index contributed by atoms with van der Waals surface area (Å²) in [6, 6.07) is 12.5. The highest BCUT2D eigenvalue weighted by Gasteiger charge is 2.34. The second kappa shape index (κ2) is 7.92. The second-order valence-electron chi connectivity index (χ2n) is 9.27. The van der Waals surface area contributed by atoms with Crippen LogP contribution in [0.1, 0.15) is 37.8 Å². The number of para-hydroxylation sites is 1. The number of fused-ring (bicyclic) bond motifs is 2. The van der Waals surface area contributed by atoms with Gasteiger partial charge in [0.15, 0.2) is 0 Å². The third-order valence-corrected chi connectivity index (χ3v) is 7.21. The number of hydrogen-bond acceptors (Lipinski definition) is 5. The van der Waals surface area contributed by atoms with E-state index in [1.807, 2.05) is 18.2 Å². The van der Waals surface area contributed by atoms with Crippen molar-refractivity contribution in [1.29, 1.82) is 0 Å². The van der Waals surface area contributed by atoms with Crippen LogP contribution in [0.4, 0.5) is 0 Å². The van der Waals surface area contributed by atoms with Crippen LogP contribution in [0, 0.1) is 12.8 Å². The molecular weight excluding hydrogens is 408 g/mol. The first kappa shape index (κ1) is 20.5. The summed E-state index contributed by atoms with van der Waals surface area (Å²) in [5, 5.41) is 4.11. The van der Waals surface area contributed by atoms with Crippen LogP contribution in [0.3, 0.4) is 0 Å². The Morgan fingerprint density at radius 3 is 2.94 bits per heavy atom. The van der Waals surface area contributed by atoms with Crippen molar-refractivity contribution in [3.05, 3.63) is 47.5 Å². The second-order valence-corrected chi connectivity index (χ2v) is 10.3. The van der Waals surface area contributed by atoms with Crippen molar-refractivity contribution in [2.45, 2.75) is 51.7 Å². The van der Waals surface area contributed by atoms with Gasteiger partial charge in [-0.25, -0.2) is 4.98 Å². The number of ether oxygens (including phenoxy) is 2. The first-order valence-electron chi connectivity index (χ1n) is 11.0. The lowest BCUT2D eigenvalue weighted by Crippen LogP contribution is -2.43. The summed E-state index contributed by atoms with van der Waals surface area (Å²) in [5.41, 5.74) is 4.23. The average Bonchev–Trinajstić information content (AvgIpc) is 3.34. The highest BCUT2D eigenvalue weighted by molar-refractivity contribution is 7.21. The summed E-state index contributed by atoms with van der Waals surface area (Å²) in [6.07, 6.45) is 2.28. The minimum atomic E-state index is -0.232. The number of thiazole rings is 1. The molecule has 1 aromatic heterocycles. The lowest BCUT2D eigenvalue weighted by atomic mass is 9.88. The highest BCUT2D eigenvalue weighted by Crippen LogP contribution is 2.42. The van der Waals surface area contributed by atoms with Gasteiger partial charge in [0, 0.05) is 18.9 Å². The Bertz CT molecular complexity index is 1100. The fourth-order valence-electron chi connectivity index (χ4n) is 4.67. The van der Waals surface area contributed by atoms with Gasteiger partial charge in [-0.1, -0.05) is 18.2 Å². The zero-order chi connectivity index (χ0) is 21.6. The SMILES string of the molecule is Cc1cc2c(c(-c3nc4ccccc4s3)c1)OC(CNC(=O)C1CCOC(C)(C)C1)C2. The van der Waals surface area contributed by atoms with E-state index in [1.54, 1.807) is 11.3 Å². The molecule has 2 atom stereocenters. The molecule has 5 rings (SSSR count). The van der Waals surface area contributed by atoms with Gasteiger partial charge in [-0.2, -0.15) is 0 Å². The molecule has 0 saturated carbocycles. The molecule has 0 aliphatic carbocycles. The van der Waals surface area contributed by atoms with E-state index in [9.17, 15) is 4.79 Å². The molecule has 1 N–H and O–H groups in total. The van der Waals surface area contributed by atoms with Gasteiger partial charge in [0.1, 0.15) is 16.9 Å². The maximum absolute atomic E-state index is 12.7. The number of carbonyl (C=O) groups excluding carboxylic acids is 1. The van der Waals surface area contributed by atoms with Gasteiger partial charge in [0.05, 0.1) is 27.9 Å². The van der Waals surface area contributed by atoms with Gasteiger partial charge in [0.2, 0.25) is 5.91 Å². The first-order valence-corrected chi connectivity index (χ1v) is 11.8. The van der Waals surface area contributed by atoms with Crippen LogP contribution in [0.2, 0.25) is 0 Å². The van der Waals surface area contributed by atoms with Crippen molar-refractivity contribution in [1.82, 2.24) is 10.3 Å². The van der Waals surface area contributed by atoms with Crippen molar-refractivity contribution >= 4 is 27.5 Å². The maximum atomic E-state index is 12.7. The lowest BCUT2D eigenvalue weighted by Gasteiger charge is -2.34. The summed E-state index contributed by atoms with van der Waals surface area (Å²) in [5.74, 6) is 1.03. The largest absolute Gasteiger partial charge is 0.487 e. The molecule has 2 aliphatic heterocycles. The summed E-state index contributed by atoms with van der Waals surface area (Å²) in [6.45, 7) is 7.37. The van der Waals surface area contributed by atoms with E-state index in [1.165, 1.54) is 15.8 Å². The third kappa shape index (κ3) is 4.19. The van der Waals surface area contributed by atoms with Crippen LogP contribution < -0.4 is 10.1 Å². The number of hydrogen-bond donors (Lipinski definition) is 1. The lowest BCUT2D eigenvalue weighted by molar-refractivity contribution is -0.135. The van der Waals surface area contributed by atoms with Crippen LogP contribution in [0.15, 0.2) is 36.4 Å². The smallest absolute Gasteiger partial charge is 0.223 e. The Morgan fingerprint density at radius 2 is 2.13 bits per heavy atom. The number of rotatable bonds is 4. The minimum absolute atomic E-state index is 0.00748. The molecule has 3 heterocycles.